The lowest BCUT2D eigenvalue weighted by Gasteiger charge is -2.32. The summed E-state index contributed by atoms with van der Waals surface area (Å²) in [7, 11) is 0. The van der Waals surface area contributed by atoms with Crippen LogP contribution < -0.4 is 5.32 Å². The van der Waals surface area contributed by atoms with E-state index in [-0.39, 0.29) is 0 Å². The largest absolute Gasteiger partial charge is 0.384 e. The van der Waals surface area contributed by atoms with E-state index in [1.807, 2.05) is 24.4 Å². The van der Waals surface area contributed by atoms with E-state index in [0.717, 1.165) is 35.9 Å². The van der Waals surface area contributed by atoms with E-state index in [1.54, 1.807) is 0 Å². The first-order valence-electron chi connectivity index (χ1n) is 5.79. The minimum absolute atomic E-state index is 0.648. The Morgan fingerprint density at radius 3 is 2.94 bits per heavy atom. The van der Waals surface area contributed by atoms with Crippen molar-refractivity contribution < 1.29 is 5.11 Å². The lowest BCUT2D eigenvalue weighted by atomic mass is 9.86. The normalized spacial score (nSPS) is 26.1. The number of piperidine rings is 1. The zero-order chi connectivity index (χ0) is 11.0. The zero-order valence-corrected chi connectivity index (χ0v) is 9.16. The Balaban J connectivity index is 2.11. The van der Waals surface area contributed by atoms with Crippen molar-refractivity contribution in [1.82, 2.24) is 10.3 Å². The van der Waals surface area contributed by atoms with Crippen molar-refractivity contribution in [2.24, 2.45) is 0 Å². The standard InChI is InChI=1S/C13H16N2O/c16-13(6-3-7-14-9-13)11-8-15-12-5-2-1-4-10(11)12/h1-2,4-5,8,14-16H,3,6-7,9H2. The van der Waals surface area contributed by atoms with Crippen LogP contribution in [0.5, 0.6) is 0 Å². The maximum Gasteiger partial charge on any atom is 0.104 e. The van der Waals surface area contributed by atoms with Crippen LogP contribution in [0, 0.1) is 0 Å². The summed E-state index contributed by atoms with van der Waals surface area (Å²) in [5.41, 5.74) is 1.41. The molecule has 1 aromatic heterocycles. The van der Waals surface area contributed by atoms with E-state index in [2.05, 4.69) is 16.4 Å². The maximum atomic E-state index is 10.6. The Kier molecular flexibility index (Phi) is 2.23. The number of benzene rings is 1. The molecule has 3 rings (SSSR count). The van der Waals surface area contributed by atoms with Gasteiger partial charge in [0, 0.05) is 29.2 Å². The highest BCUT2D eigenvalue weighted by Crippen LogP contribution is 2.33. The van der Waals surface area contributed by atoms with Gasteiger partial charge in [-0.1, -0.05) is 18.2 Å². The van der Waals surface area contributed by atoms with E-state index in [0.29, 0.717) is 6.54 Å². The molecule has 1 aromatic carbocycles. The summed E-state index contributed by atoms with van der Waals surface area (Å²) in [5, 5.41) is 15.0. The minimum Gasteiger partial charge on any atom is -0.384 e. The number of aliphatic hydroxyl groups is 1. The average molecular weight is 216 g/mol. The van der Waals surface area contributed by atoms with Crippen molar-refractivity contribution >= 4 is 10.9 Å². The quantitative estimate of drug-likeness (QED) is 0.680. The number of nitrogens with one attached hydrogen (secondary N) is 2. The fraction of sp³-hybridized carbons (Fsp3) is 0.385. The summed E-state index contributed by atoms with van der Waals surface area (Å²) in [5.74, 6) is 0. The Labute approximate surface area is 94.5 Å². The Bertz CT molecular complexity index is 497. The van der Waals surface area contributed by atoms with E-state index in [4.69, 9.17) is 0 Å². The SMILES string of the molecule is OC1(c2c[nH]c3ccccc23)CCCNC1. The molecule has 1 aliphatic rings. The van der Waals surface area contributed by atoms with E-state index in [1.165, 1.54) is 0 Å². The van der Waals surface area contributed by atoms with Gasteiger partial charge in [0.05, 0.1) is 0 Å². The van der Waals surface area contributed by atoms with E-state index < -0.39 is 5.60 Å². The van der Waals surface area contributed by atoms with Crippen molar-refractivity contribution in [2.75, 3.05) is 13.1 Å². The second-order valence-corrected chi connectivity index (χ2v) is 4.56. The average Bonchev–Trinajstić information content (AvgIpc) is 2.74. The van der Waals surface area contributed by atoms with Gasteiger partial charge in [0.25, 0.3) is 0 Å². The highest BCUT2D eigenvalue weighted by Gasteiger charge is 2.33. The predicted molar refractivity (Wildman–Crippen MR) is 64.3 cm³/mol. The molecule has 2 heterocycles. The molecule has 0 radical (unpaired) electrons. The number of aromatic amines is 1. The van der Waals surface area contributed by atoms with Gasteiger partial charge >= 0.3 is 0 Å². The molecule has 1 saturated heterocycles. The molecule has 3 N–H and O–H groups in total. The fourth-order valence-corrected chi connectivity index (χ4v) is 2.58. The van der Waals surface area contributed by atoms with Crippen LogP contribution in [0.15, 0.2) is 30.5 Å². The van der Waals surface area contributed by atoms with Crippen molar-refractivity contribution in [3.8, 4) is 0 Å². The number of H-pyrrole nitrogens is 1. The molecule has 0 bridgehead atoms. The van der Waals surface area contributed by atoms with Gasteiger partial charge < -0.3 is 15.4 Å². The van der Waals surface area contributed by atoms with E-state index in [9.17, 15) is 5.11 Å². The van der Waals surface area contributed by atoms with Crippen LogP contribution in [-0.4, -0.2) is 23.2 Å². The fourth-order valence-electron chi connectivity index (χ4n) is 2.58. The summed E-state index contributed by atoms with van der Waals surface area (Å²) in [6.07, 6.45) is 3.80. The molecule has 0 aliphatic carbocycles. The van der Waals surface area contributed by atoms with Gasteiger partial charge in [-0.3, -0.25) is 0 Å². The zero-order valence-electron chi connectivity index (χ0n) is 9.16. The topological polar surface area (TPSA) is 48.0 Å². The van der Waals surface area contributed by atoms with Gasteiger partial charge in [0.15, 0.2) is 0 Å². The van der Waals surface area contributed by atoms with Crippen molar-refractivity contribution in [2.45, 2.75) is 18.4 Å². The highest BCUT2D eigenvalue weighted by molar-refractivity contribution is 5.84. The van der Waals surface area contributed by atoms with Crippen LogP contribution in [0.4, 0.5) is 0 Å². The van der Waals surface area contributed by atoms with Crippen LogP contribution in [0.2, 0.25) is 0 Å². The summed E-state index contributed by atoms with van der Waals surface area (Å²) in [6, 6.07) is 8.12. The molecule has 1 aliphatic heterocycles. The number of rotatable bonds is 1. The molecular formula is C13H16N2O. The number of hydrogen-bond donors (Lipinski definition) is 3. The Hall–Kier alpha value is -1.32. The molecule has 16 heavy (non-hydrogen) atoms. The molecule has 0 amide bonds. The van der Waals surface area contributed by atoms with E-state index >= 15 is 0 Å². The summed E-state index contributed by atoms with van der Waals surface area (Å²) in [4.78, 5) is 3.22. The van der Waals surface area contributed by atoms with Crippen molar-refractivity contribution in [3.63, 3.8) is 0 Å². The smallest absolute Gasteiger partial charge is 0.104 e. The summed E-state index contributed by atoms with van der Waals surface area (Å²) in [6.45, 7) is 1.65. The highest BCUT2D eigenvalue weighted by atomic mass is 16.3. The maximum absolute atomic E-state index is 10.6. The molecular weight excluding hydrogens is 200 g/mol. The van der Waals surface area contributed by atoms with Crippen LogP contribution in [-0.2, 0) is 5.60 Å². The monoisotopic (exact) mass is 216 g/mol. The number of para-hydroxylation sites is 1. The second kappa shape index (κ2) is 3.61. The molecule has 0 spiro atoms. The van der Waals surface area contributed by atoms with Gasteiger partial charge in [-0.15, -0.1) is 0 Å². The molecule has 1 fully saturated rings. The van der Waals surface area contributed by atoms with Crippen LogP contribution in [0.25, 0.3) is 10.9 Å². The Morgan fingerprint density at radius 2 is 2.12 bits per heavy atom. The third-order valence-corrected chi connectivity index (χ3v) is 3.45. The van der Waals surface area contributed by atoms with Crippen molar-refractivity contribution in [1.29, 1.82) is 0 Å². The lowest BCUT2D eigenvalue weighted by Crippen LogP contribution is -2.43. The summed E-state index contributed by atoms with van der Waals surface area (Å²) < 4.78 is 0. The Morgan fingerprint density at radius 1 is 1.25 bits per heavy atom. The lowest BCUT2D eigenvalue weighted by molar-refractivity contribution is 0.0137. The molecule has 0 saturated carbocycles. The first-order chi connectivity index (χ1) is 7.80. The molecule has 1 unspecified atom stereocenters. The third-order valence-electron chi connectivity index (χ3n) is 3.45. The third kappa shape index (κ3) is 1.44. The van der Waals surface area contributed by atoms with Gasteiger partial charge in [-0.25, -0.2) is 0 Å². The van der Waals surface area contributed by atoms with Crippen LogP contribution >= 0.6 is 0 Å². The van der Waals surface area contributed by atoms with Gasteiger partial charge in [-0.05, 0) is 25.5 Å². The first kappa shape index (κ1) is 9.87. The molecule has 1 atom stereocenters. The number of hydrogen-bond acceptors (Lipinski definition) is 2. The molecule has 3 heteroatoms. The van der Waals surface area contributed by atoms with Crippen molar-refractivity contribution in [3.05, 3.63) is 36.0 Å². The van der Waals surface area contributed by atoms with Gasteiger partial charge in [-0.2, -0.15) is 0 Å². The summed E-state index contributed by atoms with van der Waals surface area (Å²) >= 11 is 0. The molecule has 3 nitrogen and oxygen atoms in total. The minimum atomic E-state index is -0.710. The van der Waals surface area contributed by atoms with Gasteiger partial charge in [0.1, 0.15) is 5.60 Å². The van der Waals surface area contributed by atoms with Gasteiger partial charge in [0.2, 0.25) is 0 Å². The van der Waals surface area contributed by atoms with Crippen LogP contribution in [0.3, 0.4) is 0 Å². The molecule has 2 aromatic rings. The second-order valence-electron chi connectivity index (χ2n) is 4.56. The number of aromatic nitrogens is 1. The predicted octanol–water partition coefficient (Wildman–Crippen LogP) is 1.74. The number of β-amino-alcohol motifs (C(OH)–C–C–N with tert-alkyl or cyclic N) is 1. The first-order valence-corrected chi connectivity index (χ1v) is 5.79. The van der Waals surface area contributed by atoms with Crippen LogP contribution in [0.1, 0.15) is 18.4 Å². The number of fused-ring (bicyclic) bond motifs is 1. The molecule has 84 valence electrons.